The molecular weight excluding hydrogens is 332 g/mol. The molecule has 3 unspecified atom stereocenters. The van der Waals surface area contributed by atoms with Crippen LogP contribution in [0.25, 0.3) is 0 Å². The van der Waals surface area contributed by atoms with Gasteiger partial charge in [-0.25, -0.2) is 4.79 Å². The third-order valence-electron chi connectivity index (χ3n) is 8.57. The van der Waals surface area contributed by atoms with Gasteiger partial charge in [0.25, 0.3) is 0 Å². The molecule has 3 saturated carbocycles. The van der Waals surface area contributed by atoms with Gasteiger partial charge in [-0.1, -0.05) is 19.4 Å². The van der Waals surface area contributed by atoms with Crippen LogP contribution in [-0.2, 0) is 14.3 Å². The molecule has 0 aromatic heterocycles. The topological polar surface area (TPSA) is 83.8 Å². The maximum atomic E-state index is 12.4. The zero-order valence-corrected chi connectivity index (χ0v) is 16.0. The number of esters is 1. The third kappa shape index (κ3) is 2.10. The molecule has 0 amide bonds. The second kappa shape index (κ2) is 5.65. The normalized spacial score (nSPS) is 50.3. The molecule has 0 aliphatic heterocycles. The Morgan fingerprint density at radius 2 is 1.96 bits per heavy atom. The van der Waals surface area contributed by atoms with E-state index in [1.54, 1.807) is 0 Å². The van der Waals surface area contributed by atoms with Crippen LogP contribution in [0.15, 0.2) is 11.6 Å². The molecule has 4 rings (SSSR count). The lowest BCUT2D eigenvalue weighted by Gasteiger charge is -2.60. The van der Waals surface area contributed by atoms with E-state index in [1.807, 2.05) is 13.0 Å². The number of ketones is 1. The lowest BCUT2D eigenvalue weighted by molar-refractivity contribution is -0.197. The van der Waals surface area contributed by atoms with Crippen molar-refractivity contribution in [1.82, 2.24) is 0 Å². The Morgan fingerprint density at radius 1 is 1.23 bits per heavy atom. The number of hydrogen-bond donors (Lipinski definition) is 2. The van der Waals surface area contributed by atoms with Crippen molar-refractivity contribution in [1.29, 1.82) is 0 Å². The number of aliphatic hydroxyl groups is 2. The summed E-state index contributed by atoms with van der Waals surface area (Å²) < 4.78 is 4.92. The summed E-state index contributed by atoms with van der Waals surface area (Å²) in [6.45, 7) is 4.16. The summed E-state index contributed by atoms with van der Waals surface area (Å²) in [4.78, 5) is 24.3. The summed E-state index contributed by atoms with van der Waals surface area (Å²) in [6, 6.07) is 0. The largest absolute Gasteiger partial charge is 0.467 e. The molecule has 0 radical (unpaired) electrons. The SMILES string of the molecule is COC(=O)[C@]1(O)CCC2C3CCC4=CC(=O)CC[C@@]4(C)C3[C@H](O)C[C@]21C. The monoisotopic (exact) mass is 362 g/mol. The Balaban J connectivity index is 1.74. The highest BCUT2D eigenvalue weighted by atomic mass is 16.5. The molecule has 2 N–H and O–H groups in total. The number of ether oxygens (including phenoxy) is 1. The van der Waals surface area contributed by atoms with Crippen LogP contribution in [0, 0.1) is 28.6 Å². The van der Waals surface area contributed by atoms with E-state index in [9.17, 15) is 19.8 Å². The van der Waals surface area contributed by atoms with Crippen molar-refractivity contribution >= 4 is 11.8 Å². The predicted molar refractivity (Wildman–Crippen MR) is 95.1 cm³/mol. The van der Waals surface area contributed by atoms with Crippen molar-refractivity contribution in [2.75, 3.05) is 7.11 Å². The number of allylic oxidation sites excluding steroid dienone is 1. The number of methoxy groups -OCH3 is 1. The van der Waals surface area contributed by atoms with Crippen LogP contribution >= 0.6 is 0 Å². The maximum Gasteiger partial charge on any atom is 0.338 e. The zero-order valence-electron chi connectivity index (χ0n) is 16.0. The Hall–Kier alpha value is -1.20. The molecular formula is C21H30O5. The van der Waals surface area contributed by atoms with Gasteiger partial charge in [-0.05, 0) is 67.8 Å². The molecule has 4 aliphatic carbocycles. The molecule has 0 heterocycles. The van der Waals surface area contributed by atoms with Crippen molar-refractivity contribution in [3.63, 3.8) is 0 Å². The smallest absolute Gasteiger partial charge is 0.338 e. The van der Waals surface area contributed by atoms with Gasteiger partial charge in [-0.3, -0.25) is 4.79 Å². The van der Waals surface area contributed by atoms with Gasteiger partial charge in [-0.15, -0.1) is 0 Å². The molecule has 144 valence electrons. The standard InChI is InChI=1S/C21H30O5/c1-19-8-6-13(22)10-12(19)4-5-14-15-7-9-21(25,18(24)26-3)20(15,2)11-16(23)17(14)19/h10,14-17,23,25H,4-9,11H2,1-3H3/t14?,15?,16-,17?,19-,20-,21-/m1/s1. The zero-order chi connectivity index (χ0) is 18.9. The summed E-state index contributed by atoms with van der Waals surface area (Å²) in [6.07, 6.45) is 5.94. The van der Waals surface area contributed by atoms with Gasteiger partial charge in [0.1, 0.15) is 0 Å². The van der Waals surface area contributed by atoms with Crippen LogP contribution in [0.4, 0.5) is 0 Å². The van der Waals surface area contributed by atoms with Crippen LogP contribution in [0.3, 0.4) is 0 Å². The molecule has 5 nitrogen and oxygen atoms in total. The molecule has 0 bridgehead atoms. The van der Waals surface area contributed by atoms with E-state index in [-0.39, 0.29) is 29.0 Å². The van der Waals surface area contributed by atoms with Crippen molar-refractivity contribution in [2.45, 2.75) is 70.5 Å². The van der Waals surface area contributed by atoms with Crippen molar-refractivity contribution in [2.24, 2.45) is 28.6 Å². The fourth-order valence-electron chi connectivity index (χ4n) is 7.20. The molecule has 5 heteroatoms. The Bertz CT molecular complexity index is 684. The highest BCUT2D eigenvalue weighted by Gasteiger charge is 2.69. The van der Waals surface area contributed by atoms with E-state index in [0.29, 0.717) is 19.3 Å². The number of carbonyl (C=O) groups is 2. The Morgan fingerprint density at radius 3 is 2.65 bits per heavy atom. The highest BCUT2D eigenvalue weighted by Crippen LogP contribution is 2.67. The maximum absolute atomic E-state index is 12.4. The van der Waals surface area contributed by atoms with E-state index in [0.717, 1.165) is 25.7 Å². The van der Waals surface area contributed by atoms with Gasteiger partial charge >= 0.3 is 5.97 Å². The number of fused-ring (bicyclic) bond motifs is 5. The second-order valence-electron chi connectivity index (χ2n) is 9.47. The molecule has 0 spiro atoms. The van der Waals surface area contributed by atoms with E-state index >= 15 is 0 Å². The van der Waals surface area contributed by atoms with Gasteiger partial charge in [0.15, 0.2) is 11.4 Å². The van der Waals surface area contributed by atoms with E-state index < -0.39 is 23.1 Å². The number of hydrogen-bond acceptors (Lipinski definition) is 5. The average molecular weight is 362 g/mol. The predicted octanol–water partition coefficient (Wildman–Crippen LogP) is 2.39. The van der Waals surface area contributed by atoms with E-state index in [2.05, 4.69) is 6.92 Å². The minimum atomic E-state index is -1.52. The highest BCUT2D eigenvalue weighted by molar-refractivity contribution is 5.91. The Kier molecular flexibility index (Phi) is 3.95. The van der Waals surface area contributed by atoms with Crippen LogP contribution in [0.2, 0.25) is 0 Å². The number of rotatable bonds is 1. The molecule has 3 fully saturated rings. The van der Waals surface area contributed by atoms with Crippen molar-refractivity contribution < 1.29 is 24.5 Å². The van der Waals surface area contributed by atoms with E-state index in [1.165, 1.54) is 12.7 Å². The van der Waals surface area contributed by atoms with Crippen LogP contribution in [-0.4, -0.2) is 40.8 Å². The minimum Gasteiger partial charge on any atom is -0.467 e. The summed E-state index contributed by atoms with van der Waals surface area (Å²) >= 11 is 0. The number of carbonyl (C=O) groups excluding carboxylic acids is 2. The number of aliphatic hydroxyl groups excluding tert-OH is 1. The molecule has 4 aliphatic rings. The fraction of sp³-hybridized carbons (Fsp3) is 0.810. The first-order valence-electron chi connectivity index (χ1n) is 9.90. The lowest BCUT2D eigenvalue weighted by atomic mass is 9.45. The minimum absolute atomic E-state index is 0.0914. The van der Waals surface area contributed by atoms with Crippen molar-refractivity contribution in [3.8, 4) is 0 Å². The summed E-state index contributed by atoms with van der Waals surface area (Å²) in [5, 5.41) is 22.4. The van der Waals surface area contributed by atoms with Gasteiger partial charge < -0.3 is 14.9 Å². The molecule has 0 aromatic rings. The molecule has 26 heavy (non-hydrogen) atoms. The quantitative estimate of drug-likeness (QED) is 0.700. The first kappa shape index (κ1) is 18.2. The third-order valence-corrected chi connectivity index (χ3v) is 8.57. The summed E-state index contributed by atoms with van der Waals surface area (Å²) in [5.74, 6) is 0.175. The molecule has 0 saturated heterocycles. The van der Waals surface area contributed by atoms with Gasteiger partial charge in [0, 0.05) is 11.8 Å². The molecule has 7 atom stereocenters. The van der Waals surface area contributed by atoms with Crippen LogP contribution in [0.1, 0.15) is 58.8 Å². The van der Waals surface area contributed by atoms with E-state index in [4.69, 9.17) is 4.74 Å². The van der Waals surface area contributed by atoms with Crippen LogP contribution in [0.5, 0.6) is 0 Å². The molecule has 0 aromatic carbocycles. The average Bonchev–Trinajstić information content (AvgIpc) is 2.86. The summed E-state index contributed by atoms with van der Waals surface area (Å²) in [7, 11) is 1.32. The first-order chi connectivity index (χ1) is 12.2. The lowest BCUT2D eigenvalue weighted by Crippen LogP contribution is -2.61. The van der Waals surface area contributed by atoms with Crippen molar-refractivity contribution in [3.05, 3.63) is 11.6 Å². The van der Waals surface area contributed by atoms with Crippen LogP contribution < -0.4 is 0 Å². The van der Waals surface area contributed by atoms with Gasteiger partial charge in [0.05, 0.1) is 13.2 Å². The first-order valence-corrected chi connectivity index (χ1v) is 9.90. The fourth-order valence-corrected chi connectivity index (χ4v) is 7.20. The van der Waals surface area contributed by atoms with Gasteiger partial charge in [0.2, 0.25) is 0 Å². The second-order valence-corrected chi connectivity index (χ2v) is 9.47. The van der Waals surface area contributed by atoms with Gasteiger partial charge in [-0.2, -0.15) is 0 Å². The Labute approximate surface area is 154 Å². The summed E-state index contributed by atoms with van der Waals surface area (Å²) in [5.41, 5.74) is -1.14.